The first-order valence-corrected chi connectivity index (χ1v) is 9.07. The highest BCUT2D eigenvalue weighted by molar-refractivity contribution is 6.60. The molecule has 0 amide bonds. The predicted molar refractivity (Wildman–Crippen MR) is 77.1 cm³/mol. The first kappa shape index (κ1) is 16.4. The Morgan fingerprint density at radius 1 is 1.21 bits per heavy atom. The van der Waals surface area contributed by atoms with E-state index in [1.165, 1.54) is 0 Å². The molecule has 19 heavy (non-hydrogen) atoms. The number of hydrogen-bond acceptors (Lipinski definition) is 4. The van der Waals surface area contributed by atoms with E-state index in [0.717, 1.165) is 24.6 Å². The van der Waals surface area contributed by atoms with Crippen LogP contribution in [0.2, 0.25) is 6.04 Å². The van der Waals surface area contributed by atoms with Crippen LogP contribution in [-0.4, -0.2) is 28.1 Å². The standard InChI is InChI=1S/C14H26O4Si/c1-5-11-19(16-6-2,17-7-3)18-13(4)12-14-9-8-10-15-14/h8-10,13H,5-7,11-12H2,1-4H3. The number of rotatable bonds is 10. The highest BCUT2D eigenvalue weighted by atomic mass is 28.4. The molecular formula is C14H26O4Si. The van der Waals surface area contributed by atoms with Crippen molar-refractivity contribution in [3.8, 4) is 0 Å². The normalized spacial score (nSPS) is 13.7. The minimum atomic E-state index is -2.53. The van der Waals surface area contributed by atoms with Crippen LogP contribution in [0, 0.1) is 0 Å². The molecule has 0 fully saturated rings. The molecule has 0 saturated heterocycles. The van der Waals surface area contributed by atoms with E-state index in [2.05, 4.69) is 6.92 Å². The van der Waals surface area contributed by atoms with Crippen LogP contribution in [0.4, 0.5) is 0 Å². The lowest BCUT2D eigenvalue weighted by Gasteiger charge is -2.31. The SMILES string of the molecule is CCC[Si](OCC)(OCC)OC(C)Cc1ccco1. The topological polar surface area (TPSA) is 40.8 Å². The number of hydrogen-bond donors (Lipinski definition) is 0. The van der Waals surface area contributed by atoms with Gasteiger partial charge in [0.25, 0.3) is 0 Å². The van der Waals surface area contributed by atoms with Gasteiger partial charge in [0.05, 0.1) is 12.4 Å². The van der Waals surface area contributed by atoms with Crippen molar-refractivity contribution >= 4 is 8.80 Å². The summed E-state index contributed by atoms with van der Waals surface area (Å²) in [5.41, 5.74) is 0. The zero-order valence-corrected chi connectivity index (χ0v) is 13.5. The summed E-state index contributed by atoms with van der Waals surface area (Å²) in [7, 11) is -2.53. The first-order chi connectivity index (χ1) is 9.15. The molecule has 0 bridgehead atoms. The molecule has 1 unspecified atom stereocenters. The minimum absolute atomic E-state index is 0.0301. The molecule has 0 aliphatic rings. The Bertz CT molecular complexity index is 309. The van der Waals surface area contributed by atoms with E-state index in [9.17, 15) is 0 Å². The van der Waals surface area contributed by atoms with Crippen LogP contribution in [0.3, 0.4) is 0 Å². The van der Waals surface area contributed by atoms with Crippen LogP contribution < -0.4 is 0 Å². The lowest BCUT2D eigenvalue weighted by molar-refractivity contribution is 0.0369. The van der Waals surface area contributed by atoms with Gasteiger partial charge < -0.3 is 17.7 Å². The molecule has 1 rings (SSSR count). The van der Waals surface area contributed by atoms with E-state index in [4.69, 9.17) is 17.7 Å². The molecule has 5 heteroatoms. The van der Waals surface area contributed by atoms with E-state index < -0.39 is 8.80 Å². The quantitative estimate of drug-likeness (QED) is 0.616. The summed E-state index contributed by atoms with van der Waals surface area (Å²) in [5.74, 6) is 0.930. The van der Waals surface area contributed by atoms with Crippen molar-refractivity contribution in [1.29, 1.82) is 0 Å². The Kier molecular flexibility index (Phi) is 7.38. The van der Waals surface area contributed by atoms with Crippen molar-refractivity contribution in [2.75, 3.05) is 13.2 Å². The molecule has 1 aromatic heterocycles. The average molecular weight is 286 g/mol. The molecule has 1 atom stereocenters. The van der Waals surface area contributed by atoms with Gasteiger partial charge >= 0.3 is 8.80 Å². The Morgan fingerprint density at radius 2 is 1.89 bits per heavy atom. The molecule has 0 saturated carbocycles. The molecule has 4 nitrogen and oxygen atoms in total. The highest BCUT2D eigenvalue weighted by Crippen LogP contribution is 2.21. The molecule has 0 N–H and O–H groups in total. The van der Waals surface area contributed by atoms with Gasteiger partial charge in [-0.1, -0.05) is 13.3 Å². The van der Waals surface area contributed by atoms with E-state index in [1.807, 2.05) is 32.9 Å². The van der Waals surface area contributed by atoms with Gasteiger partial charge in [0, 0.05) is 25.7 Å². The van der Waals surface area contributed by atoms with E-state index in [0.29, 0.717) is 13.2 Å². The van der Waals surface area contributed by atoms with E-state index >= 15 is 0 Å². The monoisotopic (exact) mass is 286 g/mol. The van der Waals surface area contributed by atoms with E-state index in [-0.39, 0.29) is 6.10 Å². The van der Waals surface area contributed by atoms with Gasteiger partial charge in [-0.15, -0.1) is 0 Å². The molecule has 0 radical (unpaired) electrons. The zero-order chi connectivity index (χ0) is 14.1. The van der Waals surface area contributed by atoms with Gasteiger partial charge in [0.1, 0.15) is 5.76 Å². The Morgan fingerprint density at radius 3 is 2.37 bits per heavy atom. The maximum Gasteiger partial charge on any atom is 0.501 e. The lowest BCUT2D eigenvalue weighted by Crippen LogP contribution is -2.48. The summed E-state index contributed by atoms with van der Waals surface area (Å²) < 4.78 is 23.2. The lowest BCUT2D eigenvalue weighted by atomic mass is 10.2. The maximum absolute atomic E-state index is 6.17. The van der Waals surface area contributed by atoms with Crippen molar-refractivity contribution in [2.24, 2.45) is 0 Å². The summed E-state index contributed by atoms with van der Waals surface area (Å²) in [6.45, 7) is 9.38. The number of furan rings is 1. The van der Waals surface area contributed by atoms with Crippen LogP contribution in [0.5, 0.6) is 0 Å². The molecule has 0 aliphatic carbocycles. The average Bonchev–Trinajstić information content (AvgIpc) is 2.82. The molecule has 0 aromatic carbocycles. The third-order valence-corrected chi connectivity index (χ3v) is 6.07. The fourth-order valence-electron chi connectivity index (χ4n) is 2.12. The second kappa shape index (κ2) is 8.53. The van der Waals surface area contributed by atoms with Crippen molar-refractivity contribution < 1.29 is 17.7 Å². The van der Waals surface area contributed by atoms with Gasteiger partial charge in [-0.3, -0.25) is 0 Å². The van der Waals surface area contributed by atoms with Crippen LogP contribution >= 0.6 is 0 Å². The van der Waals surface area contributed by atoms with Gasteiger partial charge in [-0.05, 0) is 32.9 Å². The van der Waals surface area contributed by atoms with Gasteiger partial charge in [-0.25, -0.2) is 0 Å². The summed E-state index contributed by atoms with van der Waals surface area (Å²) in [6.07, 6.45) is 3.46. The smallest absolute Gasteiger partial charge is 0.469 e. The van der Waals surface area contributed by atoms with Crippen molar-refractivity contribution in [1.82, 2.24) is 0 Å². The van der Waals surface area contributed by atoms with Gasteiger partial charge in [-0.2, -0.15) is 0 Å². The van der Waals surface area contributed by atoms with Crippen LogP contribution in [-0.2, 0) is 19.7 Å². The van der Waals surface area contributed by atoms with Crippen molar-refractivity contribution in [2.45, 2.75) is 52.7 Å². The molecule has 0 spiro atoms. The Labute approximate surface area is 117 Å². The van der Waals surface area contributed by atoms with Gasteiger partial charge in [0.2, 0.25) is 0 Å². The predicted octanol–water partition coefficient (Wildman–Crippen LogP) is 3.65. The summed E-state index contributed by atoms with van der Waals surface area (Å²) in [5, 5.41) is 0. The molecule has 1 heterocycles. The summed E-state index contributed by atoms with van der Waals surface area (Å²) >= 11 is 0. The van der Waals surface area contributed by atoms with Crippen molar-refractivity contribution in [3.63, 3.8) is 0 Å². The Balaban J connectivity index is 2.63. The summed E-state index contributed by atoms with van der Waals surface area (Å²) in [6, 6.07) is 4.71. The minimum Gasteiger partial charge on any atom is -0.469 e. The molecule has 0 aliphatic heterocycles. The van der Waals surface area contributed by atoms with Gasteiger partial charge in [0.15, 0.2) is 0 Å². The maximum atomic E-state index is 6.17. The summed E-state index contributed by atoms with van der Waals surface area (Å²) in [4.78, 5) is 0. The fourth-order valence-corrected chi connectivity index (χ4v) is 4.93. The molecule has 1 aromatic rings. The van der Waals surface area contributed by atoms with Crippen molar-refractivity contribution in [3.05, 3.63) is 24.2 Å². The second-order valence-electron chi connectivity index (χ2n) is 4.51. The van der Waals surface area contributed by atoms with Crippen LogP contribution in [0.25, 0.3) is 0 Å². The zero-order valence-electron chi connectivity index (χ0n) is 12.5. The second-order valence-corrected chi connectivity index (χ2v) is 7.19. The van der Waals surface area contributed by atoms with Crippen LogP contribution in [0.1, 0.15) is 39.9 Å². The molecule has 110 valence electrons. The third-order valence-electron chi connectivity index (χ3n) is 2.73. The van der Waals surface area contributed by atoms with E-state index in [1.54, 1.807) is 6.26 Å². The molecular weight excluding hydrogens is 260 g/mol. The van der Waals surface area contributed by atoms with Crippen LogP contribution in [0.15, 0.2) is 22.8 Å². The highest BCUT2D eigenvalue weighted by Gasteiger charge is 2.41. The Hall–Kier alpha value is -0.623. The fraction of sp³-hybridized carbons (Fsp3) is 0.714. The third kappa shape index (κ3) is 5.48. The first-order valence-electron chi connectivity index (χ1n) is 7.13. The largest absolute Gasteiger partial charge is 0.501 e.